The Hall–Kier alpha value is -1.17. The van der Waals surface area contributed by atoms with Crippen LogP contribution in [-0.2, 0) is 16.0 Å². The smallest absolute Gasteiger partial charge is 0.210 e. The van der Waals surface area contributed by atoms with Crippen LogP contribution in [0.5, 0.6) is 0 Å². The van der Waals surface area contributed by atoms with Crippen LogP contribution < -0.4 is 0 Å². The van der Waals surface area contributed by atoms with Crippen molar-refractivity contribution in [2.24, 2.45) is 0 Å². The quantitative estimate of drug-likeness (QED) is 0.524. The van der Waals surface area contributed by atoms with Gasteiger partial charge in [0.05, 0.1) is 17.9 Å². The fourth-order valence-electron chi connectivity index (χ4n) is 1.11. The molecule has 0 amide bonds. The summed E-state index contributed by atoms with van der Waals surface area (Å²) >= 11 is 1.34. The average molecular weight is 257 g/mol. The molecule has 8 heteroatoms. The van der Waals surface area contributed by atoms with Crippen LogP contribution in [-0.4, -0.2) is 46.0 Å². The Morgan fingerprint density at radius 1 is 1.47 bits per heavy atom. The molecule has 0 N–H and O–H groups in total. The van der Waals surface area contributed by atoms with Gasteiger partial charge >= 0.3 is 0 Å². The highest BCUT2D eigenvalue weighted by Gasteiger charge is 2.16. The van der Waals surface area contributed by atoms with Crippen molar-refractivity contribution in [2.75, 3.05) is 14.2 Å². The molecule has 0 aromatic carbocycles. The predicted octanol–water partition coefficient (Wildman–Crippen LogP) is 0.686. The average Bonchev–Trinajstić information content (AvgIpc) is 2.80. The normalized spacial score (nSPS) is 12.6. The lowest BCUT2D eigenvalue weighted by Gasteiger charge is -2.13. The summed E-state index contributed by atoms with van der Waals surface area (Å²) in [6.45, 7) is 2.34. The summed E-state index contributed by atoms with van der Waals surface area (Å²) in [5, 5.41) is 20.6. The maximum absolute atomic E-state index is 8.89. The molecule has 1 heterocycles. The van der Waals surface area contributed by atoms with Gasteiger partial charge in [-0.3, -0.25) is 0 Å². The van der Waals surface area contributed by atoms with E-state index in [9.17, 15) is 0 Å². The molecule has 0 fully saturated rings. The molecule has 0 aliphatic carbocycles. The highest BCUT2D eigenvalue weighted by Crippen LogP contribution is 2.22. The largest absolute Gasteiger partial charge is 0.354 e. The van der Waals surface area contributed by atoms with E-state index >= 15 is 0 Å². The van der Waals surface area contributed by atoms with E-state index in [1.165, 1.54) is 11.8 Å². The van der Waals surface area contributed by atoms with Crippen LogP contribution in [0.15, 0.2) is 5.16 Å². The summed E-state index contributed by atoms with van der Waals surface area (Å²) in [5.74, 6) is 0. The Morgan fingerprint density at radius 2 is 2.18 bits per heavy atom. The topological polar surface area (TPSA) is 85.9 Å². The molecule has 1 unspecified atom stereocenters. The van der Waals surface area contributed by atoms with Crippen molar-refractivity contribution in [3.63, 3.8) is 0 Å². The Labute approximate surface area is 104 Å². The van der Waals surface area contributed by atoms with Crippen LogP contribution in [0, 0.1) is 11.3 Å². The number of nitriles is 1. The number of hydrogen-bond acceptors (Lipinski definition) is 7. The zero-order chi connectivity index (χ0) is 12.7. The fourth-order valence-corrected chi connectivity index (χ4v) is 1.90. The number of ether oxygens (including phenoxy) is 2. The number of hydrogen-bond donors (Lipinski definition) is 0. The number of rotatable bonds is 7. The van der Waals surface area contributed by atoms with Crippen LogP contribution in [0.2, 0.25) is 0 Å². The molecule has 0 radical (unpaired) electrons. The molecule has 1 rings (SSSR count). The molecule has 0 aliphatic rings. The van der Waals surface area contributed by atoms with Gasteiger partial charge in [0.1, 0.15) is 0 Å². The second kappa shape index (κ2) is 7.21. The van der Waals surface area contributed by atoms with Crippen LogP contribution in [0.3, 0.4) is 0 Å². The van der Waals surface area contributed by atoms with Crippen LogP contribution >= 0.6 is 11.8 Å². The maximum atomic E-state index is 8.89. The minimum Gasteiger partial charge on any atom is -0.354 e. The van der Waals surface area contributed by atoms with Gasteiger partial charge in [-0.2, -0.15) is 5.26 Å². The van der Waals surface area contributed by atoms with Crippen molar-refractivity contribution < 1.29 is 9.47 Å². The van der Waals surface area contributed by atoms with Gasteiger partial charge in [0.15, 0.2) is 6.29 Å². The monoisotopic (exact) mass is 257 g/mol. The van der Waals surface area contributed by atoms with E-state index in [-0.39, 0.29) is 5.25 Å². The van der Waals surface area contributed by atoms with Crippen LogP contribution in [0.1, 0.15) is 13.3 Å². The number of nitrogens with zero attached hydrogens (tertiary/aromatic N) is 5. The number of aromatic nitrogens is 4. The summed E-state index contributed by atoms with van der Waals surface area (Å²) < 4.78 is 11.7. The molecule has 1 atom stereocenters. The van der Waals surface area contributed by atoms with Crippen molar-refractivity contribution in [1.29, 1.82) is 5.26 Å². The molecule has 7 nitrogen and oxygen atoms in total. The molecule has 0 aliphatic heterocycles. The van der Waals surface area contributed by atoms with Gasteiger partial charge in [0.2, 0.25) is 5.16 Å². The summed E-state index contributed by atoms with van der Waals surface area (Å²) in [6, 6.07) is 2.19. The molecule has 1 aromatic rings. The van der Waals surface area contributed by atoms with Gasteiger partial charge in [-0.25, -0.2) is 4.68 Å². The molecule has 1 aromatic heterocycles. The third-order valence-corrected chi connectivity index (χ3v) is 3.34. The van der Waals surface area contributed by atoms with E-state index in [4.69, 9.17) is 14.7 Å². The standard InChI is InChI=1S/C9H15N5O2S/c1-4-7(5-10)17-9-11-12-13-14(9)6-8(15-2)16-3/h7-8H,4,6H2,1-3H3. The second-order valence-electron chi connectivity index (χ2n) is 3.19. The Bertz CT molecular complexity index is 374. The summed E-state index contributed by atoms with van der Waals surface area (Å²) in [6.07, 6.45) is 0.339. The van der Waals surface area contributed by atoms with Gasteiger partial charge in [-0.1, -0.05) is 18.7 Å². The summed E-state index contributed by atoms with van der Waals surface area (Å²) in [5.41, 5.74) is 0. The van der Waals surface area contributed by atoms with Crippen molar-refractivity contribution in [3.8, 4) is 6.07 Å². The van der Waals surface area contributed by atoms with E-state index in [0.717, 1.165) is 6.42 Å². The van der Waals surface area contributed by atoms with E-state index < -0.39 is 6.29 Å². The highest BCUT2D eigenvalue weighted by atomic mass is 32.2. The third-order valence-electron chi connectivity index (χ3n) is 2.11. The number of methoxy groups -OCH3 is 2. The van der Waals surface area contributed by atoms with Crippen molar-refractivity contribution in [2.45, 2.75) is 36.6 Å². The fraction of sp³-hybridized carbons (Fsp3) is 0.778. The first-order valence-electron chi connectivity index (χ1n) is 5.13. The van der Waals surface area contributed by atoms with Gasteiger partial charge < -0.3 is 9.47 Å². The minimum absolute atomic E-state index is 0.150. The maximum Gasteiger partial charge on any atom is 0.210 e. The lowest BCUT2D eigenvalue weighted by atomic mass is 10.4. The first-order chi connectivity index (χ1) is 8.24. The lowest BCUT2D eigenvalue weighted by Crippen LogP contribution is -2.22. The van der Waals surface area contributed by atoms with Crippen molar-refractivity contribution >= 4 is 11.8 Å². The van der Waals surface area contributed by atoms with E-state index in [0.29, 0.717) is 11.7 Å². The van der Waals surface area contributed by atoms with Crippen molar-refractivity contribution in [3.05, 3.63) is 0 Å². The Balaban J connectivity index is 2.69. The molecular formula is C9H15N5O2S. The molecule has 0 saturated heterocycles. The first-order valence-corrected chi connectivity index (χ1v) is 6.01. The molecular weight excluding hydrogens is 242 g/mol. The summed E-state index contributed by atoms with van der Waals surface area (Å²) in [7, 11) is 3.10. The Kier molecular flexibility index (Phi) is 5.90. The van der Waals surface area contributed by atoms with E-state index in [1.54, 1.807) is 18.9 Å². The first kappa shape index (κ1) is 13.9. The zero-order valence-electron chi connectivity index (χ0n) is 10.0. The molecule has 94 valence electrons. The lowest BCUT2D eigenvalue weighted by molar-refractivity contribution is -0.113. The van der Waals surface area contributed by atoms with Gasteiger partial charge in [0.25, 0.3) is 0 Å². The van der Waals surface area contributed by atoms with Gasteiger partial charge in [0, 0.05) is 14.2 Å². The summed E-state index contributed by atoms with van der Waals surface area (Å²) in [4.78, 5) is 0. The minimum atomic E-state index is -0.403. The molecule has 0 bridgehead atoms. The van der Waals surface area contributed by atoms with Crippen LogP contribution in [0.25, 0.3) is 0 Å². The van der Waals surface area contributed by atoms with E-state index in [2.05, 4.69) is 21.6 Å². The van der Waals surface area contributed by atoms with Crippen molar-refractivity contribution in [1.82, 2.24) is 20.2 Å². The SMILES string of the molecule is CCC(C#N)Sc1nnnn1CC(OC)OC. The van der Waals surface area contributed by atoms with E-state index in [1.807, 2.05) is 6.92 Å². The van der Waals surface area contributed by atoms with Crippen LogP contribution in [0.4, 0.5) is 0 Å². The second-order valence-corrected chi connectivity index (χ2v) is 4.36. The molecule has 0 saturated carbocycles. The molecule has 17 heavy (non-hydrogen) atoms. The van der Waals surface area contributed by atoms with Gasteiger partial charge in [-0.05, 0) is 16.8 Å². The number of tetrazole rings is 1. The third kappa shape index (κ3) is 3.96. The molecule has 0 spiro atoms. The predicted molar refractivity (Wildman–Crippen MR) is 61.2 cm³/mol. The number of thioether (sulfide) groups is 1. The zero-order valence-corrected chi connectivity index (χ0v) is 10.8. The highest BCUT2D eigenvalue weighted by molar-refractivity contribution is 8.00. The van der Waals surface area contributed by atoms with Gasteiger partial charge in [-0.15, -0.1) is 5.10 Å². The Morgan fingerprint density at radius 3 is 2.71 bits per heavy atom.